The minimum Gasteiger partial charge on any atom is -0.355 e. The van der Waals surface area contributed by atoms with E-state index in [0.717, 1.165) is 12.8 Å². The van der Waals surface area contributed by atoms with Gasteiger partial charge in [0.2, 0.25) is 5.91 Å². The summed E-state index contributed by atoms with van der Waals surface area (Å²) < 4.78 is 26.6. The minimum atomic E-state index is -3.33. The molecule has 8 heteroatoms. The van der Waals surface area contributed by atoms with Crippen molar-refractivity contribution in [3.05, 3.63) is 0 Å². The first-order valence-electron chi connectivity index (χ1n) is 7.04. The number of carbonyl (C=O) groups is 1. The van der Waals surface area contributed by atoms with Crippen LogP contribution in [0.3, 0.4) is 0 Å². The number of hydrogen-bond acceptors (Lipinski definition) is 4. The van der Waals surface area contributed by atoms with Crippen molar-refractivity contribution >= 4 is 16.1 Å². The third-order valence-electron chi connectivity index (χ3n) is 3.34. The van der Waals surface area contributed by atoms with Gasteiger partial charge < -0.3 is 5.32 Å². The van der Waals surface area contributed by atoms with Crippen molar-refractivity contribution in [2.75, 3.05) is 53.4 Å². The fourth-order valence-corrected chi connectivity index (χ4v) is 3.10. The summed E-state index contributed by atoms with van der Waals surface area (Å²) in [7, 11) is -0.269. The van der Waals surface area contributed by atoms with Crippen LogP contribution in [-0.4, -0.2) is 81.2 Å². The molecule has 1 aliphatic rings. The molecule has 0 atom stereocenters. The van der Waals surface area contributed by atoms with Crippen molar-refractivity contribution in [3.63, 3.8) is 0 Å². The molecular formula is C12H26N4O3S. The van der Waals surface area contributed by atoms with Gasteiger partial charge in [-0.05, 0) is 6.42 Å². The lowest BCUT2D eigenvalue weighted by Crippen LogP contribution is -2.53. The van der Waals surface area contributed by atoms with E-state index < -0.39 is 10.2 Å². The number of carbonyl (C=O) groups excluding carboxylic acids is 1. The molecule has 0 spiro atoms. The van der Waals surface area contributed by atoms with Gasteiger partial charge in [-0.1, -0.05) is 13.3 Å². The summed E-state index contributed by atoms with van der Waals surface area (Å²) in [5.74, 6) is 0.0161. The first-order valence-corrected chi connectivity index (χ1v) is 8.44. The van der Waals surface area contributed by atoms with E-state index in [-0.39, 0.29) is 5.91 Å². The third kappa shape index (κ3) is 5.01. The molecule has 1 amide bonds. The average Bonchev–Trinajstić information content (AvgIpc) is 2.39. The van der Waals surface area contributed by atoms with Gasteiger partial charge in [0.1, 0.15) is 0 Å². The molecule has 118 valence electrons. The molecule has 1 heterocycles. The maximum atomic E-state index is 11.9. The van der Waals surface area contributed by atoms with Crippen molar-refractivity contribution in [3.8, 4) is 0 Å². The molecule has 0 aliphatic carbocycles. The fourth-order valence-electron chi connectivity index (χ4n) is 2.01. The molecule has 0 unspecified atom stereocenters. The topological polar surface area (TPSA) is 73.0 Å². The highest BCUT2D eigenvalue weighted by Gasteiger charge is 2.28. The lowest BCUT2D eigenvalue weighted by atomic mass is 10.3. The Labute approximate surface area is 122 Å². The van der Waals surface area contributed by atoms with Crippen molar-refractivity contribution in [1.82, 2.24) is 18.8 Å². The lowest BCUT2D eigenvalue weighted by Gasteiger charge is -2.34. The lowest BCUT2D eigenvalue weighted by molar-refractivity contribution is -0.122. The number of hydrogen-bond donors (Lipinski definition) is 1. The van der Waals surface area contributed by atoms with Gasteiger partial charge in [-0.25, -0.2) is 0 Å². The molecule has 1 N–H and O–H groups in total. The van der Waals surface area contributed by atoms with Gasteiger partial charge in [0.25, 0.3) is 10.2 Å². The van der Waals surface area contributed by atoms with Crippen molar-refractivity contribution in [2.45, 2.75) is 19.8 Å². The van der Waals surface area contributed by atoms with Gasteiger partial charge in [-0.3, -0.25) is 9.69 Å². The largest absolute Gasteiger partial charge is 0.355 e. The predicted octanol–water partition coefficient (Wildman–Crippen LogP) is -0.673. The number of amides is 1. The second-order valence-electron chi connectivity index (χ2n) is 5.17. The highest BCUT2D eigenvalue weighted by molar-refractivity contribution is 7.86. The monoisotopic (exact) mass is 306 g/mol. The van der Waals surface area contributed by atoms with Crippen LogP contribution < -0.4 is 5.32 Å². The molecule has 0 aromatic heterocycles. The molecule has 0 aromatic carbocycles. The van der Waals surface area contributed by atoms with Crippen LogP contribution in [0, 0.1) is 0 Å². The molecule has 1 fully saturated rings. The van der Waals surface area contributed by atoms with Crippen molar-refractivity contribution < 1.29 is 13.2 Å². The van der Waals surface area contributed by atoms with E-state index in [0.29, 0.717) is 39.3 Å². The van der Waals surface area contributed by atoms with Gasteiger partial charge in [-0.2, -0.15) is 17.0 Å². The summed E-state index contributed by atoms with van der Waals surface area (Å²) in [4.78, 5) is 13.7. The van der Waals surface area contributed by atoms with Gasteiger partial charge in [0.15, 0.2) is 0 Å². The zero-order valence-electron chi connectivity index (χ0n) is 12.6. The zero-order valence-corrected chi connectivity index (χ0v) is 13.4. The van der Waals surface area contributed by atoms with E-state index in [1.54, 1.807) is 0 Å². The van der Waals surface area contributed by atoms with Gasteiger partial charge in [0.05, 0.1) is 6.54 Å². The Morgan fingerprint density at radius 3 is 2.30 bits per heavy atom. The van der Waals surface area contributed by atoms with E-state index in [9.17, 15) is 13.2 Å². The molecule has 1 rings (SSSR count). The molecule has 1 aliphatic heterocycles. The Hall–Kier alpha value is -0.700. The summed E-state index contributed by atoms with van der Waals surface area (Å²) in [5, 5.41) is 2.87. The van der Waals surface area contributed by atoms with E-state index >= 15 is 0 Å². The van der Waals surface area contributed by atoms with Crippen LogP contribution >= 0.6 is 0 Å². The van der Waals surface area contributed by atoms with Crippen molar-refractivity contribution in [1.29, 1.82) is 0 Å². The van der Waals surface area contributed by atoms with Crippen LogP contribution in [-0.2, 0) is 15.0 Å². The number of nitrogens with zero attached hydrogens (tertiary/aromatic N) is 3. The van der Waals surface area contributed by atoms with E-state index in [1.807, 2.05) is 4.90 Å². The molecule has 0 bridgehead atoms. The second-order valence-corrected chi connectivity index (χ2v) is 7.31. The molecular weight excluding hydrogens is 280 g/mol. The molecule has 0 aromatic rings. The Bertz CT molecular complexity index is 403. The molecule has 1 saturated heterocycles. The summed E-state index contributed by atoms with van der Waals surface area (Å²) >= 11 is 0. The van der Waals surface area contributed by atoms with Crippen molar-refractivity contribution in [2.24, 2.45) is 0 Å². The molecule has 20 heavy (non-hydrogen) atoms. The van der Waals surface area contributed by atoms with Crippen LogP contribution in [0.25, 0.3) is 0 Å². The number of piperazine rings is 1. The fraction of sp³-hybridized carbons (Fsp3) is 0.917. The van der Waals surface area contributed by atoms with E-state index in [2.05, 4.69) is 12.2 Å². The first kappa shape index (κ1) is 17.4. The number of nitrogens with one attached hydrogen (secondary N) is 1. The summed E-state index contributed by atoms with van der Waals surface area (Å²) in [5.41, 5.74) is 0. The number of unbranched alkanes of at least 4 members (excludes halogenated alkanes) is 1. The SMILES string of the molecule is CCCCNC(=O)CN1CCN(S(=O)(=O)N(C)C)CC1. The normalized spacial score (nSPS) is 18.4. The van der Waals surface area contributed by atoms with Crippen LogP contribution in [0.1, 0.15) is 19.8 Å². The maximum Gasteiger partial charge on any atom is 0.281 e. The summed E-state index contributed by atoms with van der Waals surface area (Å²) in [6, 6.07) is 0. The van der Waals surface area contributed by atoms with Gasteiger partial charge in [0, 0.05) is 46.8 Å². The first-order chi connectivity index (χ1) is 9.37. The van der Waals surface area contributed by atoms with Crippen LogP contribution in [0.2, 0.25) is 0 Å². The van der Waals surface area contributed by atoms with Gasteiger partial charge >= 0.3 is 0 Å². The summed E-state index contributed by atoms with van der Waals surface area (Å²) in [6.07, 6.45) is 2.04. The van der Waals surface area contributed by atoms with Crippen LogP contribution in [0.5, 0.6) is 0 Å². The third-order valence-corrected chi connectivity index (χ3v) is 5.28. The van der Waals surface area contributed by atoms with Crippen LogP contribution in [0.4, 0.5) is 0 Å². The Morgan fingerprint density at radius 2 is 1.80 bits per heavy atom. The molecule has 0 radical (unpaired) electrons. The van der Waals surface area contributed by atoms with E-state index in [1.165, 1.54) is 22.7 Å². The Morgan fingerprint density at radius 1 is 1.20 bits per heavy atom. The predicted molar refractivity (Wildman–Crippen MR) is 78.5 cm³/mol. The van der Waals surface area contributed by atoms with Crippen LogP contribution in [0.15, 0.2) is 0 Å². The Kier molecular flexibility index (Phi) is 6.87. The number of rotatable bonds is 7. The quantitative estimate of drug-likeness (QED) is 0.633. The average molecular weight is 306 g/mol. The Balaban J connectivity index is 2.34. The van der Waals surface area contributed by atoms with E-state index in [4.69, 9.17) is 0 Å². The molecule has 7 nitrogen and oxygen atoms in total. The minimum absolute atomic E-state index is 0.0161. The zero-order chi connectivity index (χ0) is 15.2. The molecule has 0 saturated carbocycles. The smallest absolute Gasteiger partial charge is 0.281 e. The van der Waals surface area contributed by atoms with Gasteiger partial charge in [-0.15, -0.1) is 0 Å². The second kappa shape index (κ2) is 7.92. The highest BCUT2D eigenvalue weighted by atomic mass is 32.2. The standard InChI is InChI=1S/C12H26N4O3S/c1-4-5-6-13-12(17)11-15-7-9-16(10-8-15)20(18,19)14(2)3/h4-11H2,1-3H3,(H,13,17). The summed E-state index contributed by atoms with van der Waals surface area (Å²) in [6.45, 7) is 5.19. The highest BCUT2D eigenvalue weighted by Crippen LogP contribution is 2.09. The maximum absolute atomic E-state index is 11.9.